The van der Waals surface area contributed by atoms with Crippen molar-refractivity contribution in [2.45, 2.75) is 12.8 Å². The maximum Gasteiger partial charge on any atom is 0.279 e. The molecule has 0 bridgehead atoms. The lowest BCUT2D eigenvalue weighted by atomic mass is 9.89. The second-order valence-corrected chi connectivity index (χ2v) is 5.05. The number of rotatable bonds is 3. The van der Waals surface area contributed by atoms with E-state index in [9.17, 15) is 14.9 Å². The third kappa shape index (κ3) is 2.08. The number of benzene rings is 1. The van der Waals surface area contributed by atoms with E-state index < -0.39 is 4.92 Å². The molecule has 6 nitrogen and oxygen atoms in total. The summed E-state index contributed by atoms with van der Waals surface area (Å²) in [5.74, 6) is -0.0397. The number of non-ortho nitro benzene ring substituents is 1. The van der Waals surface area contributed by atoms with Gasteiger partial charge in [-0.05, 0) is 32.0 Å². The molecular formula is C14H15N3O3. The van der Waals surface area contributed by atoms with Gasteiger partial charge in [0.05, 0.1) is 21.4 Å². The van der Waals surface area contributed by atoms with E-state index in [1.165, 1.54) is 6.07 Å². The first-order valence-corrected chi connectivity index (χ1v) is 6.68. The van der Waals surface area contributed by atoms with Crippen LogP contribution in [-0.4, -0.2) is 28.8 Å². The van der Waals surface area contributed by atoms with E-state index >= 15 is 0 Å². The highest BCUT2D eigenvalue weighted by Gasteiger charge is 2.27. The minimum Gasteiger partial charge on any atom is -0.360 e. The highest BCUT2D eigenvalue weighted by atomic mass is 16.6. The van der Waals surface area contributed by atoms with Crippen LogP contribution in [0.1, 0.15) is 23.2 Å². The lowest BCUT2D eigenvalue weighted by Gasteiger charge is -2.20. The quantitative estimate of drug-likeness (QED) is 0.510. The number of carbonyl (C=O) groups excluding carboxylic acids is 1. The number of aromatic amines is 1. The molecule has 1 aliphatic rings. The van der Waals surface area contributed by atoms with Crippen LogP contribution in [0, 0.1) is 16.0 Å². The summed E-state index contributed by atoms with van der Waals surface area (Å²) in [6.45, 7) is 1.64. The van der Waals surface area contributed by atoms with Crippen molar-refractivity contribution in [1.82, 2.24) is 10.3 Å². The van der Waals surface area contributed by atoms with E-state index in [2.05, 4.69) is 10.3 Å². The number of hydrogen-bond donors (Lipinski definition) is 2. The molecule has 3 rings (SSSR count). The molecule has 6 heteroatoms. The number of piperidine rings is 1. The lowest BCUT2D eigenvalue weighted by molar-refractivity contribution is -0.383. The fourth-order valence-electron chi connectivity index (χ4n) is 2.82. The Morgan fingerprint density at radius 1 is 1.30 bits per heavy atom. The van der Waals surface area contributed by atoms with E-state index in [0.717, 1.165) is 25.9 Å². The molecule has 1 fully saturated rings. The van der Waals surface area contributed by atoms with Gasteiger partial charge in [-0.15, -0.1) is 0 Å². The number of nitrogens with one attached hydrogen (secondary N) is 2. The van der Waals surface area contributed by atoms with Crippen LogP contribution in [0.15, 0.2) is 24.4 Å². The predicted octanol–water partition coefficient (Wildman–Crippen LogP) is 2.26. The molecule has 0 saturated carbocycles. The second kappa shape index (κ2) is 5.05. The molecule has 2 heterocycles. The van der Waals surface area contributed by atoms with Crippen LogP contribution in [0.25, 0.3) is 10.9 Å². The van der Waals surface area contributed by atoms with Gasteiger partial charge in [0, 0.05) is 18.2 Å². The molecule has 2 aromatic rings. The van der Waals surface area contributed by atoms with Gasteiger partial charge >= 0.3 is 0 Å². The van der Waals surface area contributed by atoms with Gasteiger partial charge in [0.2, 0.25) is 0 Å². The number of nitro benzene ring substituents is 1. The average Bonchev–Trinajstić information content (AvgIpc) is 2.91. The Morgan fingerprint density at radius 3 is 2.75 bits per heavy atom. The summed E-state index contributed by atoms with van der Waals surface area (Å²) < 4.78 is 0. The number of ketones is 1. The summed E-state index contributed by atoms with van der Waals surface area (Å²) in [7, 11) is 0. The molecule has 0 unspecified atom stereocenters. The van der Waals surface area contributed by atoms with Gasteiger partial charge in [-0.1, -0.05) is 6.07 Å². The fraction of sp³-hybridized carbons (Fsp3) is 0.357. The maximum absolute atomic E-state index is 12.6. The van der Waals surface area contributed by atoms with Crippen LogP contribution in [0.5, 0.6) is 0 Å². The highest BCUT2D eigenvalue weighted by molar-refractivity contribution is 6.11. The standard InChI is InChI=1S/C14H15N3O3/c18-14(9-4-6-15-7-5-9)10-8-16-11-2-1-3-12(13(10)11)17(19)20/h1-3,8-9,15-16H,4-7H2. The minimum atomic E-state index is -0.435. The normalized spacial score (nSPS) is 16.4. The van der Waals surface area contributed by atoms with Crippen molar-refractivity contribution in [3.63, 3.8) is 0 Å². The molecule has 1 aromatic heterocycles. The molecule has 1 aromatic carbocycles. The molecule has 2 N–H and O–H groups in total. The first-order chi connectivity index (χ1) is 9.68. The van der Waals surface area contributed by atoms with E-state index in [1.54, 1.807) is 18.3 Å². The zero-order chi connectivity index (χ0) is 14.1. The van der Waals surface area contributed by atoms with Gasteiger partial charge in [-0.25, -0.2) is 0 Å². The van der Waals surface area contributed by atoms with Crippen LogP contribution in [0.3, 0.4) is 0 Å². The summed E-state index contributed by atoms with van der Waals surface area (Å²) in [6.07, 6.45) is 3.17. The first kappa shape index (κ1) is 12.8. The molecule has 0 amide bonds. The van der Waals surface area contributed by atoms with Crippen molar-refractivity contribution in [2.24, 2.45) is 5.92 Å². The van der Waals surface area contributed by atoms with Crippen molar-refractivity contribution < 1.29 is 9.72 Å². The number of carbonyl (C=O) groups is 1. The second-order valence-electron chi connectivity index (χ2n) is 5.05. The molecule has 0 aliphatic carbocycles. The summed E-state index contributed by atoms with van der Waals surface area (Å²) >= 11 is 0. The Kier molecular flexibility index (Phi) is 3.23. The zero-order valence-corrected chi connectivity index (χ0v) is 10.9. The molecule has 0 atom stereocenters. The summed E-state index contributed by atoms with van der Waals surface area (Å²) in [4.78, 5) is 26.2. The number of H-pyrrole nitrogens is 1. The monoisotopic (exact) mass is 273 g/mol. The summed E-state index contributed by atoms with van der Waals surface area (Å²) in [5, 5.41) is 14.8. The Bertz CT molecular complexity index is 671. The number of aromatic nitrogens is 1. The number of Topliss-reactive ketones (excluding diaryl/α,β-unsaturated/α-hetero) is 1. The van der Waals surface area contributed by atoms with Crippen LogP contribution >= 0.6 is 0 Å². The third-order valence-electron chi connectivity index (χ3n) is 3.86. The molecule has 1 saturated heterocycles. The molecular weight excluding hydrogens is 258 g/mol. The highest BCUT2D eigenvalue weighted by Crippen LogP contribution is 2.31. The summed E-state index contributed by atoms with van der Waals surface area (Å²) in [5.41, 5.74) is 1.07. The van der Waals surface area contributed by atoms with Gasteiger partial charge < -0.3 is 10.3 Å². The van der Waals surface area contributed by atoms with Crippen molar-refractivity contribution >= 4 is 22.4 Å². The van der Waals surface area contributed by atoms with Crippen molar-refractivity contribution in [1.29, 1.82) is 0 Å². The largest absolute Gasteiger partial charge is 0.360 e. The van der Waals surface area contributed by atoms with Crippen LogP contribution in [0.4, 0.5) is 5.69 Å². The van der Waals surface area contributed by atoms with E-state index in [-0.39, 0.29) is 17.4 Å². The van der Waals surface area contributed by atoms with Gasteiger partial charge in [0.1, 0.15) is 0 Å². The van der Waals surface area contributed by atoms with Crippen LogP contribution in [0.2, 0.25) is 0 Å². The third-order valence-corrected chi connectivity index (χ3v) is 3.86. The number of fused-ring (bicyclic) bond motifs is 1. The Morgan fingerprint density at radius 2 is 2.05 bits per heavy atom. The molecule has 20 heavy (non-hydrogen) atoms. The minimum absolute atomic E-state index is 0.00653. The van der Waals surface area contributed by atoms with Crippen molar-refractivity contribution in [3.05, 3.63) is 40.1 Å². The van der Waals surface area contributed by atoms with E-state index in [1.807, 2.05) is 0 Å². The number of hydrogen-bond acceptors (Lipinski definition) is 4. The first-order valence-electron chi connectivity index (χ1n) is 6.68. The Labute approximate surface area is 115 Å². The maximum atomic E-state index is 12.6. The van der Waals surface area contributed by atoms with Crippen molar-refractivity contribution in [3.8, 4) is 0 Å². The van der Waals surface area contributed by atoms with Crippen LogP contribution in [-0.2, 0) is 0 Å². The van der Waals surface area contributed by atoms with E-state index in [4.69, 9.17) is 0 Å². The predicted molar refractivity (Wildman–Crippen MR) is 74.9 cm³/mol. The number of nitrogens with zero attached hydrogens (tertiary/aromatic N) is 1. The zero-order valence-electron chi connectivity index (χ0n) is 10.9. The van der Waals surface area contributed by atoms with Crippen molar-refractivity contribution in [2.75, 3.05) is 13.1 Å². The molecule has 104 valence electrons. The van der Waals surface area contributed by atoms with E-state index in [0.29, 0.717) is 16.5 Å². The Balaban J connectivity index is 2.07. The SMILES string of the molecule is O=C(c1c[nH]c2cccc([N+](=O)[O-])c12)C1CCNCC1. The van der Waals surface area contributed by atoms with Gasteiger partial charge in [-0.3, -0.25) is 14.9 Å². The topological polar surface area (TPSA) is 88.0 Å². The fourth-order valence-corrected chi connectivity index (χ4v) is 2.82. The van der Waals surface area contributed by atoms with Gasteiger partial charge in [0.15, 0.2) is 5.78 Å². The smallest absolute Gasteiger partial charge is 0.279 e. The van der Waals surface area contributed by atoms with Gasteiger partial charge in [-0.2, -0.15) is 0 Å². The average molecular weight is 273 g/mol. The van der Waals surface area contributed by atoms with Gasteiger partial charge in [0.25, 0.3) is 5.69 Å². The summed E-state index contributed by atoms with van der Waals surface area (Å²) in [6, 6.07) is 4.81. The molecule has 1 aliphatic heterocycles. The molecule has 0 radical (unpaired) electrons. The van der Waals surface area contributed by atoms with Crippen LogP contribution < -0.4 is 5.32 Å². The lowest BCUT2D eigenvalue weighted by Crippen LogP contribution is -2.31. The molecule has 0 spiro atoms. The Hall–Kier alpha value is -2.21. The number of nitro groups is 1.